The summed E-state index contributed by atoms with van der Waals surface area (Å²) >= 11 is 6.20. The highest BCUT2D eigenvalue weighted by Gasteiger charge is 2.21. The molecule has 2 N–H and O–H groups in total. The van der Waals surface area contributed by atoms with E-state index in [-0.39, 0.29) is 18.0 Å². The number of halogens is 1. The average Bonchev–Trinajstić information content (AvgIpc) is 3.78. The van der Waals surface area contributed by atoms with Crippen LogP contribution in [0, 0.1) is 0 Å². The van der Waals surface area contributed by atoms with E-state index in [4.69, 9.17) is 11.6 Å². The van der Waals surface area contributed by atoms with Crippen molar-refractivity contribution in [3.63, 3.8) is 0 Å². The maximum Gasteiger partial charge on any atom is 0.244 e. The van der Waals surface area contributed by atoms with Crippen LogP contribution < -0.4 is 5.32 Å². The number of rotatable bonds is 15. The minimum Gasteiger partial charge on any atom is -0.342 e. The van der Waals surface area contributed by atoms with Crippen molar-refractivity contribution in [1.82, 2.24) is 40.7 Å². The molecule has 0 bridgehead atoms. The van der Waals surface area contributed by atoms with E-state index in [1.165, 1.54) is 23.4 Å². The van der Waals surface area contributed by atoms with Crippen LogP contribution in [0.15, 0.2) is 91.5 Å². The van der Waals surface area contributed by atoms with Crippen LogP contribution >= 0.6 is 11.6 Å². The number of nitrogens with zero attached hydrogens (tertiary/aromatic N) is 6. The molecule has 0 fully saturated rings. The molecule has 1 atom stereocenters. The monoisotopic (exact) mass is 622 g/mol. The van der Waals surface area contributed by atoms with Crippen molar-refractivity contribution in [1.29, 1.82) is 0 Å². The summed E-state index contributed by atoms with van der Waals surface area (Å²) in [6.07, 6.45) is 9.05. The zero-order valence-electron chi connectivity index (χ0n) is 24.3. The number of hydrogen-bond acceptors (Lipinski definition) is 8. The molecule has 0 aliphatic heterocycles. The smallest absolute Gasteiger partial charge is 0.244 e. The highest BCUT2D eigenvalue weighted by atomic mass is 35.5. The van der Waals surface area contributed by atoms with Crippen LogP contribution in [-0.2, 0) is 28.9 Å². The van der Waals surface area contributed by atoms with Crippen molar-refractivity contribution in [3.05, 3.63) is 125 Å². The number of carbonyl (C=O) groups is 3. The Morgan fingerprint density at radius 1 is 0.978 bits per heavy atom. The number of H-pyrrole nitrogens is 1. The predicted molar refractivity (Wildman–Crippen MR) is 169 cm³/mol. The first-order valence-electron chi connectivity index (χ1n) is 14.5. The second-order valence-electron chi connectivity index (χ2n) is 10.4. The van der Waals surface area contributed by atoms with Crippen LogP contribution in [0.1, 0.15) is 52.1 Å². The molecule has 0 spiro atoms. The average molecular weight is 623 g/mol. The summed E-state index contributed by atoms with van der Waals surface area (Å²) in [6.45, 7) is 0. The predicted octanol–water partition coefficient (Wildman–Crippen LogP) is 4.58. The first-order valence-corrected chi connectivity index (χ1v) is 14.9. The molecule has 5 rings (SSSR count). The number of amides is 1. The van der Waals surface area contributed by atoms with E-state index in [0.717, 1.165) is 36.2 Å². The minimum absolute atomic E-state index is 0.0504. The van der Waals surface area contributed by atoms with E-state index in [1.54, 1.807) is 48.5 Å². The number of nitrogens with one attached hydrogen (secondary N) is 2. The zero-order chi connectivity index (χ0) is 31.4. The largest absolute Gasteiger partial charge is 0.342 e. The number of hydrogen-bond donors (Lipinski definition) is 2. The second-order valence-corrected chi connectivity index (χ2v) is 10.9. The quantitative estimate of drug-likeness (QED) is 0.0979. The van der Waals surface area contributed by atoms with Gasteiger partial charge in [-0.05, 0) is 65.1 Å². The molecule has 0 aliphatic carbocycles. The standard InChI is InChI=1S/C33H31ClN8O3/c34-27-15-16-29(42-22-37-40-41-42)26(20-27)14-17-33(45)38-28(18-23-6-2-1-3-7-23)31(44)19-24-10-12-25(13-11-24)30(43)8-4-5-9-32-35-21-36-39-32/h1-3,6-7,10-17,20-22,28H,4-5,8-9,18-19H2,(H,38,45)(H,35,36,39)/b17-14+/t28-/m0/s1. The second kappa shape index (κ2) is 15.4. The number of tetrazole rings is 1. The molecule has 2 aromatic heterocycles. The lowest BCUT2D eigenvalue weighted by Gasteiger charge is -2.17. The van der Waals surface area contributed by atoms with E-state index in [0.29, 0.717) is 34.7 Å². The Labute approximate surface area is 264 Å². The fraction of sp³-hybridized carbons (Fsp3) is 0.212. The van der Waals surface area contributed by atoms with Gasteiger partial charge >= 0.3 is 0 Å². The van der Waals surface area contributed by atoms with Gasteiger partial charge in [0.1, 0.15) is 18.5 Å². The maximum atomic E-state index is 13.5. The fourth-order valence-corrected chi connectivity index (χ4v) is 5.01. The lowest BCUT2D eigenvalue weighted by Crippen LogP contribution is -2.42. The van der Waals surface area contributed by atoms with Gasteiger partial charge in [-0.15, -0.1) is 5.10 Å². The number of benzene rings is 3. The molecule has 0 radical (unpaired) electrons. The molecule has 0 aliphatic rings. The van der Waals surface area contributed by atoms with Crippen LogP contribution in [0.5, 0.6) is 0 Å². The van der Waals surface area contributed by atoms with Crippen molar-refractivity contribution in [2.45, 2.75) is 44.6 Å². The zero-order valence-corrected chi connectivity index (χ0v) is 25.1. The van der Waals surface area contributed by atoms with Crippen molar-refractivity contribution in [2.75, 3.05) is 0 Å². The topological polar surface area (TPSA) is 148 Å². The molecule has 11 nitrogen and oxygen atoms in total. The Morgan fingerprint density at radius 3 is 2.53 bits per heavy atom. The molecular weight excluding hydrogens is 592 g/mol. The molecule has 45 heavy (non-hydrogen) atoms. The third kappa shape index (κ3) is 9.10. The van der Waals surface area contributed by atoms with Crippen LogP contribution in [0.4, 0.5) is 0 Å². The Bertz CT molecular complexity index is 1740. The molecule has 12 heteroatoms. The summed E-state index contributed by atoms with van der Waals surface area (Å²) in [5.41, 5.74) is 3.54. The molecule has 3 aromatic carbocycles. The van der Waals surface area contributed by atoms with Gasteiger partial charge in [0, 0.05) is 41.5 Å². The minimum atomic E-state index is -0.770. The normalized spacial score (nSPS) is 11.8. The van der Waals surface area contributed by atoms with Gasteiger partial charge in [0.05, 0.1) is 11.7 Å². The summed E-state index contributed by atoms with van der Waals surface area (Å²) in [5.74, 6) is 0.278. The van der Waals surface area contributed by atoms with E-state index < -0.39 is 11.9 Å². The van der Waals surface area contributed by atoms with Crippen molar-refractivity contribution in [2.24, 2.45) is 0 Å². The lowest BCUT2D eigenvalue weighted by atomic mass is 9.96. The lowest BCUT2D eigenvalue weighted by molar-refractivity contribution is -0.125. The SMILES string of the molecule is O=C(/C=C/c1cc(Cl)ccc1-n1cnnn1)N[C@@H](Cc1ccccc1)C(=O)Cc1ccc(C(=O)CCCCc2ncn[nH]2)cc1. The van der Waals surface area contributed by atoms with Crippen molar-refractivity contribution in [3.8, 4) is 5.69 Å². The molecule has 2 heterocycles. The number of carbonyl (C=O) groups excluding carboxylic acids is 3. The number of aromatic nitrogens is 7. The molecular formula is C33H31ClN8O3. The molecule has 0 unspecified atom stereocenters. The van der Waals surface area contributed by atoms with Gasteiger partial charge in [-0.1, -0.05) is 66.2 Å². The van der Waals surface area contributed by atoms with Crippen LogP contribution in [-0.4, -0.2) is 58.9 Å². The Balaban J connectivity index is 1.22. The number of ketones is 2. The Morgan fingerprint density at radius 2 is 1.80 bits per heavy atom. The maximum absolute atomic E-state index is 13.5. The van der Waals surface area contributed by atoms with Crippen LogP contribution in [0.3, 0.4) is 0 Å². The first kappa shape index (κ1) is 31.1. The Kier molecular flexibility index (Phi) is 10.7. The summed E-state index contributed by atoms with van der Waals surface area (Å²) in [6, 6.07) is 21.0. The van der Waals surface area contributed by atoms with E-state index in [2.05, 4.69) is 36.0 Å². The van der Waals surface area contributed by atoms with Crippen molar-refractivity contribution >= 4 is 35.2 Å². The van der Waals surface area contributed by atoms with Gasteiger partial charge in [-0.3, -0.25) is 19.5 Å². The number of Topliss-reactive ketones (excluding diaryl/α,β-unsaturated/α-hetero) is 2. The third-order valence-electron chi connectivity index (χ3n) is 7.17. The van der Waals surface area contributed by atoms with Crippen molar-refractivity contribution < 1.29 is 14.4 Å². The van der Waals surface area contributed by atoms with E-state index >= 15 is 0 Å². The van der Waals surface area contributed by atoms with Gasteiger partial charge in [0.2, 0.25) is 5.91 Å². The van der Waals surface area contributed by atoms with Gasteiger partial charge in [0.25, 0.3) is 0 Å². The number of aryl methyl sites for hydroxylation is 1. The summed E-state index contributed by atoms with van der Waals surface area (Å²) in [7, 11) is 0. The highest BCUT2D eigenvalue weighted by molar-refractivity contribution is 6.30. The Hall–Kier alpha value is -5.29. The molecule has 5 aromatic rings. The van der Waals surface area contributed by atoms with Gasteiger partial charge in [0.15, 0.2) is 11.6 Å². The third-order valence-corrected chi connectivity index (χ3v) is 7.41. The first-order chi connectivity index (χ1) is 21.9. The summed E-state index contributed by atoms with van der Waals surface area (Å²) in [5, 5.41) is 21.2. The van der Waals surface area contributed by atoms with Crippen LogP contribution in [0.25, 0.3) is 11.8 Å². The number of unbranched alkanes of at least 4 members (excludes halogenated alkanes) is 1. The number of aromatic amines is 1. The molecule has 228 valence electrons. The fourth-order valence-electron chi connectivity index (χ4n) is 4.83. The van der Waals surface area contributed by atoms with E-state index in [1.807, 2.05) is 30.3 Å². The summed E-state index contributed by atoms with van der Waals surface area (Å²) < 4.78 is 1.47. The molecule has 0 saturated carbocycles. The van der Waals surface area contributed by atoms with E-state index in [9.17, 15) is 14.4 Å². The highest BCUT2D eigenvalue weighted by Crippen LogP contribution is 2.20. The summed E-state index contributed by atoms with van der Waals surface area (Å²) in [4.78, 5) is 43.3. The van der Waals surface area contributed by atoms with Gasteiger partial charge in [-0.25, -0.2) is 4.98 Å². The molecule has 0 saturated heterocycles. The molecule has 1 amide bonds. The van der Waals surface area contributed by atoms with Gasteiger partial charge < -0.3 is 5.32 Å². The van der Waals surface area contributed by atoms with Crippen LogP contribution in [0.2, 0.25) is 5.02 Å². The van der Waals surface area contributed by atoms with Gasteiger partial charge in [-0.2, -0.15) is 9.78 Å².